The Balaban J connectivity index is 3.80. The van der Waals surface area contributed by atoms with Crippen molar-refractivity contribution in [2.45, 2.75) is 83.1 Å². The quantitative estimate of drug-likeness (QED) is 0.179. The van der Waals surface area contributed by atoms with E-state index in [2.05, 4.69) is 10.6 Å². The molecule has 10 nitrogen and oxygen atoms in total. The Morgan fingerprint density at radius 1 is 0.750 bits per heavy atom. The van der Waals surface area contributed by atoms with Gasteiger partial charge in [-0.05, 0) is 19.3 Å². The highest BCUT2D eigenvalue weighted by molar-refractivity contribution is 5.84. The summed E-state index contributed by atoms with van der Waals surface area (Å²) in [4.78, 5) is 45.6. The lowest BCUT2D eigenvalue weighted by atomic mass is 10.1. The van der Waals surface area contributed by atoms with Crippen LogP contribution in [0.15, 0.2) is 0 Å². The number of methoxy groups -OCH3 is 1. The van der Waals surface area contributed by atoms with Crippen molar-refractivity contribution in [1.82, 2.24) is 10.6 Å². The normalized spacial score (nSPS) is 11.7. The summed E-state index contributed by atoms with van der Waals surface area (Å²) in [5.41, 5.74) is 0. The summed E-state index contributed by atoms with van der Waals surface area (Å²) in [6, 6.07) is -1.09. The summed E-state index contributed by atoms with van der Waals surface area (Å²) >= 11 is 0. The maximum Gasteiger partial charge on any atom is 0.326 e. The lowest BCUT2D eigenvalue weighted by Crippen LogP contribution is -2.41. The van der Waals surface area contributed by atoms with Crippen molar-refractivity contribution in [3.05, 3.63) is 0 Å². The fourth-order valence-electron chi connectivity index (χ4n) is 3.02. The number of carbonyl (C=O) groups is 4. The number of carboxylic acids is 2. The molecule has 10 heteroatoms. The Kier molecular flexibility index (Phi) is 19.3. The highest BCUT2D eigenvalue weighted by atomic mass is 16.5. The van der Waals surface area contributed by atoms with E-state index in [1.54, 1.807) is 7.11 Å². The Morgan fingerprint density at radius 2 is 1.34 bits per heavy atom. The highest BCUT2D eigenvalue weighted by Crippen LogP contribution is 2.11. The molecular weight excluding hydrogens is 420 g/mol. The van der Waals surface area contributed by atoms with Gasteiger partial charge in [0.05, 0.1) is 19.8 Å². The number of carboxylic acid groups (broad SMARTS) is 2. The van der Waals surface area contributed by atoms with Crippen LogP contribution < -0.4 is 10.6 Å². The van der Waals surface area contributed by atoms with Crippen LogP contribution in [0.1, 0.15) is 77.0 Å². The van der Waals surface area contributed by atoms with Gasteiger partial charge in [0, 0.05) is 32.9 Å². The second-order valence-electron chi connectivity index (χ2n) is 7.67. The summed E-state index contributed by atoms with van der Waals surface area (Å²) in [5.74, 6) is -2.52. The smallest absolute Gasteiger partial charge is 0.326 e. The number of carbonyl (C=O) groups excluding carboxylic acids is 2. The van der Waals surface area contributed by atoms with Crippen molar-refractivity contribution < 1.29 is 38.9 Å². The lowest BCUT2D eigenvalue weighted by Gasteiger charge is -2.14. The molecule has 0 aromatic heterocycles. The van der Waals surface area contributed by atoms with Gasteiger partial charge >= 0.3 is 11.9 Å². The minimum absolute atomic E-state index is 0.00177. The van der Waals surface area contributed by atoms with E-state index in [-0.39, 0.29) is 37.5 Å². The minimum atomic E-state index is -1.16. The number of ether oxygens (including phenoxy) is 2. The molecule has 0 spiro atoms. The standard InChI is InChI=1S/C22H40N2O8/c1-31-16-17-32-15-14-23-19(25)13-12-18(22(29)30)24-20(26)10-8-6-4-2-3-5-7-9-11-21(27)28/h18H,2-17H2,1H3,(H,23,25)(H,24,26)(H,27,28)(H,29,30)/t18-/m0/s1. The third-order valence-corrected chi connectivity index (χ3v) is 4.84. The number of nitrogens with one attached hydrogen (secondary N) is 2. The van der Waals surface area contributed by atoms with Gasteiger partial charge in [-0.15, -0.1) is 0 Å². The molecular formula is C22H40N2O8. The van der Waals surface area contributed by atoms with Crippen molar-refractivity contribution in [1.29, 1.82) is 0 Å². The molecule has 0 radical (unpaired) electrons. The Morgan fingerprint density at radius 3 is 1.91 bits per heavy atom. The van der Waals surface area contributed by atoms with E-state index < -0.39 is 18.0 Å². The van der Waals surface area contributed by atoms with E-state index in [4.69, 9.17) is 14.6 Å². The molecule has 0 aliphatic heterocycles. The summed E-state index contributed by atoms with van der Waals surface area (Å²) in [5, 5.41) is 23.0. The summed E-state index contributed by atoms with van der Waals surface area (Å²) < 4.78 is 10.1. The molecule has 0 aromatic rings. The Bertz CT molecular complexity index is 542. The second kappa shape index (κ2) is 20.7. The van der Waals surface area contributed by atoms with E-state index in [1.165, 1.54) is 0 Å². The largest absolute Gasteiger partial charge is 0.481 e. The van der Waals surface area contributed by atoms with Gasteiger partial charge in [0.1, 0.15) is 6.04 Å². The van der Waals surface area contributed by atoms with Crippen molar-refractivity contribution >= 4 is 23.8 Å². The van der Waals surface area contributed by atoms with Crippen LogP contribution in [0.4, 0.5) is 0 Å². The van der Waals surface area contributed by atoms with E-state index >= 15 is 0 Å². The average molecular weight is 461 g/mol. The molecule has 0 aliphatic carbocycles. The number of amides is 2. The predicted molar refractivity (Wildman–Crippen MR) is 118 cm³/mol. The lowest BCUT2D eigenvalue weighted by molar-refractivity contribution is -0.142. The van der Waals surface area contributed by atoms with E-state index in [0.717, 1.165) is 38.5 Å². The van der Waals surface area contributed by atoms with Gasteiger partial charge in [-0.2, -0.15) is 0 Å². The van der Waals surface area contributed by atoms with Crippen LogP contribution in [0, 0.1) is 0 Å². The first kappa shape index (κ1) is 29.8. The zero-order valence-electron chi connectivity index (χ0n) is 19.2. The molecule has 32 heavy (non-hydrogen) atoms. The van der Waals surface area contributed by atoms with Gasteiger partial charge < -0.3 is 30.3 Å². The van der Waals surface area contributed by atoms with Gasteiger partial charge in [0.25, 0.3) is 0 Å². The van der Waals surface area contributed by atoms with Crippen molar-refractivity contribution in [2.75, 3.05) is 33.5 Å². The Labute approximate surface area is 190 Å². The zero-order valence-corrected chi connectivity index (χ0v) is 19.2. The first-order valence-corrected chi connectivity index (χ1v) is 11.4. The molecule has 0 unspecified atom stereocenters. The zero-order chi connectivity index (χ0) is 24.0. The molecule has 2 amide bonds. The first-order chi connectivity index (χ1) is 15.4. The molecule has 4 N–H and O–H groups in total. The maximum atomic E-state index is 12.0. The van der Waals surface area contributed by atoms with Crippen LogP contribution >= 0.6 is 0 Å². The number of rotatable bonds is 22. The predicted octanol–water partition coefficient (Wildman–Crippen LogP) is 2.10. The summed E-state index contributed by atoms with van der Waals surface area (Å²) in [6.07, 6.45) is 7.81. The third kappa shape index (κ3) is 19.7. The molecule has 0 heterocycles. The highest BCUT2D eigenvalue weighted by Gasteiger charge is 2.20. The molecule has 0 rings (SSSR count). The monoisotopic (exact) mass is 460 g/mol. The van der Waals surface area contributed by atoms with Crippen LogP contribution in [0.3, 0.4) is 0 Å². The molecule has 0 aliphatic rings. The summed E-state index contributed by atoms with van der Waals surface area (Å²) in [6.45, 7) is 1.59. The van der Waals surface area contributed by atoms with Crippen LogP contribution in [0.5, 0.6) is 0 Å². The fraction of sp³-hybridized carbons (Fsp3) is 0.818. The van der Waals surface area contributed by atoms with Crippen LogP contribution in [0.25, 0.3) is 0 Å². The first-order valence-electron chi connectivity index (χ1n) is 11.4. The molecule has 1 atom stereocenters. The maximum absolute atomic E-state index is 12.0. The van der Waals surface area contributed by atoms with Crippen molar-refractivity contribution in [2.24, 2.45) is 0 Å². The number of hydrogen-bond donors (Lipinski definition) is 4. The van der Waals surface area contributed by atoms with Gasteiger partial charge in [-0.25, -0.2) is 4.79 Å². The Hall–Kier alpha value is -2.20. The van der Waals surface area contributed by atoms with Crippen LogP contribution in [0.2, 0.25) is 0 Å². The SMILES string of the molecule is COCCOCCNC(=O)CC[C@H](NC(=O)CCCCCCCCCCC(=O)O)C(=O)O. The van der Waals surface area contributed by atoms with Gasteiger partial charge in [0.2, 0.25) is 11.8 Å². The molecule has 0 aromatic carbocycles. The average Bonchev–Trinajstić information content (AvgIpc) is 2.74. The van der Waals surface area contributed by atoms with Gasteiger partial charge in [0.15, 0.2) is 0 Å². The second-order valence-corrected chi connectivity index (χ2v) is 7.67. The molecule has 0 saturated heterocycles. The van der Waals surface area contributed by atoms with E-state index in [0.29, 0.717) is 39.2 Å². The molecule has 186 valence electrons. The fourth-order valence-corrected chi connectivity index (χ4v) is 3.02. The number of hydrogen-bond acceptors (Lipinski definition) is 6. The topological polar surface area (TPSA) is 151 Å². The van der Waals surface area contributed by atoms with Crippen LogP contribution in [-0.2, 0) is 28.7 Å². The van der Waals surface area contributed by atoms with E-state index in [9.17, 15) is 24.3 Å². The molecule has 0 saturated carbocycles. The number of unbranched alkanes of at least 4 members (excludes halogenated alkanes) is 7. The van der Waals surface area contributed by atoms with E-state index in [1.807, 2.05) is 0 Å². The number of aliphatic carboxylic acids is 2. The van der Waals surface area contributed by atoms with Crippen molar-refractivity contribution in [3.63, 3.8) is 0 Å². The van der Waals surface area contributed by atoms with Gasteiger partial charge in [-0.1, -0.05) is 38.5 Å². The molecule has 0 bridgehead atoms. The van der Waals surface area contributed by atoms with Crippen LogP contribution in [-0.4, -0.2) is 73.5 Å². The molecule has 0 fully saturated rings. The van der Waals surface area contributed by atoms with Gasteiger partial charge in [-0.3, -0.25) is 14.4 Å². The van der Waals surface area contributed by atoms with Crippen molar-refractivity contribution in [3.8, 4) is 0 Å². The summed E-state index contributed by atoms with van der Waals surface area (Å²) in [7, 11) is 1.57. The minimum Gasteiger partial charge on any atom is -0.481 e. The third-order valence-electron chi connectivity index (χ3n) is 4.84.